The SMILES string of the molecule is Cc1noc(C)c1CN1CC2(CC(Oc3ncccc3F)CCO2)C1. The highest BCUT2D eigenvalue weighted by atomic mass is 19.1. The Hall–Kier alpha value is -1.99. The van der Waals surface area contributed by atoms with Crippen LogP contribution in [0.25, 0.3) is 0 Å². The Morgan fingerprint density at radius 1 is 1.40 bits per heavy atom. The van der Waals surface area contributed by atoms with Gasteiger partial charge >= 0.3 is 0 Å². The summed E-state index contributed by atoms with van der Waals surface area (Å²) >= 11 is 0. The van der Waals surface area contributed by atoms with Crippen LogP contribution in [-0.2, 0) is 11.3 Å². The Morgan fingerprint density at radius 3 is 2.96 bits per heavy atom. The van der Waals surface area contributed by atoms with E-state index in [-0.39, 0.29) is 17.6 Å². The molecule has 2 fully saturated rings. The standard InChI is InChI=1S/C18H22FN3O3/c1-12-15(13(2)25-21-12)9-22-10-18(11-22)8-14(5-7-23-18)24-17-16(19)4-3-6-20-17/h3-4,6,14H,5,7-11H2,1-2H3. The van der Waals surface area contributed by atoms with Crippen LogP contribution in [-0.4, -0.2) is 46.4 Å². The first kappa shape index (κ1) is 16.5. The van der Waals surface area contributed by atoms with Crippen molar-refractivity contribution in [1.29, 1.82) is 0 Å². The zero-order valence-corrected chi connectivity index (χ0v) is 14.5. The summed E-state index contributed by atoms with van der Waals surface area (Å²) in [4.78, 5) is 6.30. The lowest BCUT2D eigenvalue weighted by atomic mass is 9.84. The number of hydrogen-bond donors (Lipinski definition) is 0. The molecule has 2 aliphatic rings. The molecule has 25 heavy (non-hydrogen) atoms. The summed E-state index contributed by atoms with van der Waals surface area (Å²) < 4.78 is 30.8. The van der Waals surface area contributed by atoms with E-state index in [0.29, 0.717) is 6.61 Å². The van der Waals surface area contributed by atoms with Crippen LogP contribution in [0, 0.1) is 19.7 Å². The van der Waals surface area contributed by atoms with Crippen molar-refractivity contribution in [2.75, 3.05) is 19.7 Å². The van der Waals surface area contributed by atoms with Crippen LogP contribution < -0.4 is 4.74 Å². The first-order valence-electron chi connectivity index (χ1n) is 8.60. The summed E-state index contributed by atoms with van der Waals surface area (Å²) in [6.07, 6.45) is 2.98. The number of ether oxygens (including phenoxy) is 2. The molecule has 0 aromatic carbocycles. The summed E-state index contributed by atoms with van der Waals surface area (Å²) in [6.45, 7) is 7.01. The smallest absolute Gasteiger partial charge is 0.250 e. The summed E-state index contributed by atoms with van der Waals surface area (Å²) in [6, 6.07) is 2.93. The number of hydrogen-bond acceptors (Lipinski definition) is 6. The van der Waals surface area contributed by atoms with E-state index >= 15 is 0 Å². The topological polar surface area (TPSA) is 60.6 Å². The van der Waals surface area contributed by atoms with Gasteiger partial charge in [0.2, 0.25) is 0 Å². The van der Waals surface area contributed by atoms with Gasteiger partial charge in [0.25, 0.3) is 5.88 Å². The zero-order valence-electron chi connectivity index (χ0n) is 14.5. The number of likely N-dealkylation sites (tertiary alicyclic amines) is 1. The molecule has 6 nitrogen and oxygen atoms in total. The number of aromatic nitrogens is 2. The third-order valence-corrected chi connectivity index (χ3v) is 5.04. The third kappa shape index (κ3) is 3.26. The van der Waals surface area contributed by atoms with Gasteiger partial charge < -0.3 is 14.0 Å². The van der Waals surface area contributed by atoms with Crippen LogP contribution in [0.15, 0.2) is 22.9 Å². The van der Waals surface area contributed by atoms with E-state index in [0.717, 1.165) is 49.5 Å². The molecule has 0 saturated carbocycles. The first-order valence-corrected chi connectivity index (χ1v) is 8.60. The molecule has 2 saturated heterocycles. The molecule has 0 aliphatic carbocycles. The summed E-state index contributed by atoms with van der Waals surface area (Å²) in [5.74, 6) is 0.531. The minimum Gasteiger partial charge on any atom is -0.472 e. The maximum Gasteiger partial charge on any atom is 0.250 e. The molecule has 134 valence electrons. The number of halogens is 1. The van der Waals surface area contributed by atoms with Crippen molar-refractivity contribution < 1.29 is 18.4 Å². The number of nitrogens with zero attached hydrogens (tertiary/aromatic N) is 3. The normalized spacial score (nSPS) is 22.8. The Balaban J connectivity index is 1.35. The predicted octanol–water partition coefficient (Wildman–Crippen LogP) is 2.64. The average Bonchev–Trinajstić information content (AvgIpc) is 2.88. The molecule has 0 amide bonds. The number of rotatable bonds is 4. The Morgan fingerprint density at radius 2 is 2.24 bits per heavy atom. The van der Waals surface area contributed by atoms with Crippen LogP contribution in [0.3, 0.4) is 0 Å². The Labute approximate surface area is 145 Å². The van der Waals surface area contributed by atoms with Crippen molar-refractivity contribution >= 4 is 0 Å². The maximum absolute atomic E-state index is 13.7. The fourth-order valence-electron chi connectivity index (χ4n) is 3.75. The molecule has 0 radical (unpaired) electrons. The van der Waals surface area contributed by atoms with Gasteiger partial charge in [-0.15, -0.1) is 0 Å². The summed E-state index contributed by atoms with van der Waals surface area (Å²) in [5.41, 5.74) is 1.89. The third-order valence-electron chi connectivity index (χ3n) is 5.04. The van der Waals surface area contributed by atoms with E-state index < -0.39 is 5.82 Å². The minimum absolute atomic E-state index is 0.0700. The van der Waals surface area contributed by atoms with Crippen LogP contribution in [0.1, 0.15) is 29.9 Å². The second-order valence-corrected chi connectivity index (χ2v) is 7.00. The molecule has 4 heterocycles. The van der Waals surface area contributed by atoms with Crippen molar-refractivity contribution in [3.8, 4) is 5.88 Å². The lowest BCUT2D eigenvalue weighted by Gasteiger charge is -2.53. The van der Waals surface area contributed by atoms with E-state index in [2.05, 4.69) is 15.0 Å². The van der Waals surface area contributed by atoms with E-state index in [1.807, 2.05) is 13.8 Å². The van der Waals surface area contributed by atoms with E-state index in [4.69, 9.17) is 14.0 Å². The van der Waals surface area contributed by atoms with E-state index in [1.54, 1.807) is 12.3 Å². The van der Waals surface area contributed by atoms with Gasteiger partial charge in [0.15, 0.2) is 5.82 Å². The van der Waals surface area contributed by atoms with Gasteiger partial charge in [-0.25, -0.2) is 9.37 Å². The minimum atomic E-state index is -0.420. The van der Waals surface area contributed by atoms with Crippen LogP contribution in [0.2, 0.25) is 0 Å². The molecule has 1 unspecified atom stereocenters. The van der Waals surface area contributed by atoms with Gasteiger partial charge in [-0.2, -0.15) is 0 Å². The second kappa shape index (κ2) is 6.38. The van der Waals surface area contributed by atoms with Crippen molar-refractivity contribution in [3.63, 3.8) is 0 Å². The highest BCUT2D eigenvalue weighted by Crippen LogP contribution is 2.37. The highest BCUT2D eigenvalue weighted by Gasteiger charge is 2.48. The summed E-state index contributed by atoms with van der Waals surface area (Å²) in [7, 11) is 0. The molecule has 7 heteroatoms. The zero-order chi connectivity index (χ0) is 17.4. The van der Waals surface area contributed by atoms with E-state index in [9.17, 15) is 4.39 Å². The van der Waals surface area contributed by atoms with Gasteiger partial charge in [0.05, 0.1) is 17.9 Å². The average molecular weight is 347 g/mol. The molecule has 2 aliphatic heterocycles. The van der Waals surface area contributed by atoms with Crippen LogP contribution >= 0.6 is 0 Å². The first-order chi connectivity index (χ1) is 12.0. The van der Waals surface area contributed by atoms with Gasteiger partial charge in [0.1, 0.15) is 11.9 Å². The quantitative estimate of drug-likeness (QED) is 0.847. The predicted molar refractivity (Wildman–Crippen MR) is 87.8 cm³/mol. The summed E-state index contributed by atoms with van der Waals surface area (Å²) in [5, 5.41) is 4.00. The molecule has 2 aromatic heterocycles. The van der Waals surface area contributed by atoms with Crippen LogP contribution in [0.5, 0.6) is 5.88 Å². The van der Waals surface area contributed by atoms with Crippen molar-refractivity contribution in [2.24, 2.45) is 0 Å². The number of pyridine rings is 1. The Bertz CT molecular complexity index is 738. The molecule has 4 rings (SSSR count). The molecular weight excluding hydrogens is 325 g/mol. The highest BCUT2D eigenvalue weighted by molar-refractivity contribution is 5.21. The molecule has 0 N–H and O–H groups in total. The second-order valence-electron chi connectivity index (χ2n) is 7.00. The Kier molecular flexibility index (Phi) is 4.21. The van der Waals surface area contributed by atoms with Crippen LogP contribution in [0.4, 0.5) is 4.39 Å². The molecule has 2 aromatic rings. The van der Waals surface area contributed by atoms with Gasteiger partial charge in [-0.1, -0.05) is 5.16 Å². The lowest BCUT2D eigenvalue weighted by molar-refractivity contribution is -0.188. The fourth-order valence-corrected chi connectivity index (χ4v) is 3.75. The fraction of sp³-hybridized carbons (Fsp3) is 0.556. The van der Waals surface area contributed by atoms with Gasteiger partial charge in [0, 0.05) is 44.2 Å². The van der Waals surface area contributed by atoms with Crippen molar-refractivity contribution in [1.82, 2.24) is 15.0 Å². The van der Waals surface area contributed by atoms with Crippen molar-refractivity contribution in [2.45, 2.75) is 44.9 Å². The molecule has 1 spiro atoms. The lowest BCUT2D eigenvalue weighted by Crippen LogP contribution is -2.65. The molecular formula is C18H22FN3O3. The maximum atomic E-state index is 13.7. The van der Waals surface area contributed by atoms with Crippen molar-refractivity contribution in [3.05, 3.63) is 41.2 Å². The number of aryl methyl sites for hydroxylation is 2. The monoisotopic (exact) mass is 347 g/mol. The van der Waals surface area contributed by atoms with E-state index in [1.165, 1.54) is 6.07 Å². The molecule has 1 atom stereocenters. The van der Waals surface area contributed by atoms with Gasteiger partial charge in [-0.3, -0.25) is 4.90 Å². The van der Waals surface area contributed by atoms with Gasteiger partial charge in [-0.05, 0) is 26.0 Å². The molecule has 0 bridgehead atoms. The largest absolute Gasteiger partial charge is 0.472 e.